The van der Waals surface area contributed by atoms with Crippen molar-refractivity contribution in [3.8, 4) is 5.88 Å². The second-order valence-corrected chi connectivity index (χ2v) is 12.7. The minimum Gasteiger partial charge on any atom is -0.473 e. The number of hydrogen-bond donors (Lipinski definition) is 3. The van der Waals surface area contributed by atoms with E-state index in [2.05, 4.69) is 55.0 Å². The van der Waals surface area contributed by atoms with Gasteiger partial charge in [-0.25, -0.2) is 13.4 Å². The van der Waals surface area contributed by atoms with Crippen molar-refractivity contribution in [2.45, 2.75) is 61.6 Å². The zero-order valence-corrected chi connectivity index (χ0v) is 22.3. The lowest BCUT2D eigenvalue weighted by Gasteiger charge is -2.29. The van der Waals surface area contributed by atoms with E-state index >= 15 is 0 Å². The van der Waals surface area contributed by atoms with Gasteiger partial charge in [-0.3, -0.25) is 14.3 Å². The maximum absolute atomic E-state index is 13.1. The van der Waals surface area contributed by atoms with Crippen LogP contribution in [0.15, 0.2) is 49.2 Å². The van der Waals surface area contributed by atoms with Crippen LogP contribution >= 0.6 is 0 Å². The number of carbonyl (C=O) groups is 2. The van der Waals surface area contributed by atoms with Crippen molar-refractivity contribution < 1.29 is 22.7 Å². The fourth-order valence-corrected chi connectivity index (χ4v) is 6.77. The first-order chi connectivity index (χ1) is 18.8. The summed E-state index contributed by atoms with van der Waals surface area (Å²) in [6.07, 6.45) is 5.63. The number of carbonyl (C=O) groups excluding carboxylic acids is 2. The van der Waals surface area contributed by atoms with Gasteiger partial charge in [0.05, 0.1) is 11.3 Å². The number of nitrogens with one attached hydrogen (secondary N) is 3. The molecule has 1 aromatic heterocycles. The van der Waals surface area contributed by atoms with E-state index in [-0.39, 0.29) is 17.9 Å². The highest BCUT2D eigenvalue weighted by atomic mass is 32.2. The molecule has 1 saturated heterocycles. The molecule has 4 atom stereocenters. The number of amides is 2. The van der Waals surface area contributed by atoms with Crippen molar-refractivity contribution in [1.82, 2.24) is 25.3 Å². The summed E-state index contributed by atoms with van der Waals surface area (Å²) >= 11 is 0. The summed E-state index contributed by atoms with van der Waals surface area (Å²) in [6, 6.07) is 9.47. The van der Waals surface area contributed by atoms with Crippen LogP contribution in [0.3, 0.4) is 0 Å². The van der Waals surface area contributed by atoms with Crippen LogP contribution in [0.4, 0.5) is 5.95 Å². The van der Waals surface area contributed by atoms with Gasteiger partial charge in [-0.1, -0.05) is 30.3 Å². The van der Waals surface area contributed by atoms with Crippen molar-refractivity contribution in [1.29, 1.82) is 0 Å². The Labute approximate surface area is 227 Å². The van der Waals surface area contributed by atoms with Gasteiger partial charge in [0.1, 0.15) is 11.6 Å². The first kappa shape index (κ1) is 25.8. The van der Waals surface area contributed by atoms with Gasteiger partial charge in [0, 0.05) is 44.2 Å². The monoisotopic (exact) mass is 552 g/mol. The minimum absolute atomic E-state index is 0.306. The molecular weight excluding hydrogens is 520 g/mol. The zero-order valence-electron chi connectivity index (χ0n) is 21.5. The van der Waals surface area contributed by atoms with Crippen LogP contribution in [0.2, 0.25) is 0 Å². The van der Waals surface area contributed by atoms with Gasteiger partial charge in [-0.2, -0.15) is 4.98 Å². The third kappa shape index (κ3) is 5.22. The van der Waals surface area contributed by atoms with Crippen molar-refractivity contribution in [2.75, 3.05) is 18.0 Å². The lowest BCUT2D eigenvalue weighted by molar-refractivity contribution is -0.130. The average Bonchev–Trinajstić information content (AvgIpc) is 3.86. The Morgan fingerprint density at radius 3 is 2.74 bits per heavy atom. The molecule has 12 heteroatoms. The van der Waals surface area contributed by atoms with E-state index in [0.29, 0.717) is 44.1 Å². The molecule has 2 unspecified atom stereocenters. The third-order valence-corrected chi connectivity index (χ3v) is 9.79. The highest BCUT2D eigenvalue weighted by Crippen LogP contribution is 2.45. The molecule has 3 fully saturated rings. The normalized spacial score (nSPS) is 27.8. The SMILES string of the molecule is C=CC1CC1(NC(=O)[C@@H]1C[C@@H](Oc2ccnc(N3CCc4ccccc4C3)n2)CN1)C(=O)NS(=O)(=O)C1CC1. The van der Waals surface area contributed by atoms with E-state index < -0.39 is 32.8 Å². The van der Waals surface area contributed by atoms with Crippen LogP contribution in [-0.2, 0) is 32.6 Å². The quantitative estimate of drug-likeness (QED) is 0.385. The molecule has 0 radical (unpaired) electrons. The Kier molecular flexibility index (Phi) is 6.54. The fourth-order valence-electron chi connectivity index (χ4n) is 5.40. The number of aromatic nitrogens is 2. The molecule has 1 aromatic carbocycles. The Hall–Kier alpha value is -3.51. The number of hydrogen-bond acceptors (Lipinski definition) is 9. The van der Waals surface area contributed by atoms with E-state index in [1.165, 1.54) is 11.1 Å². The largest absolute Gasteiger partial charge is 0.473 e. The molecule has 11 nitrogen and oxygen atoms in total. The van der Waals surface area contributed by atoms with Crippen LogP contribution in [0, 0.1) is 5.92 Å². The summed E-state index contributed by atoms with van der Waals surface area (Å²) in [4.78, 5) is 37.2. The molecule has 3 heterocycles. The van der Waals surface area contributed by atoms with Gasteiger partial charge in [-0.15, -0.1) is 6.58 Å². The number of rotatable bonds is 9. The van der Waals surface area contributed by atoms with Gasteiger partial charge in [0.25, 0.3) is 5.91 Å². The Bertz CT molecular complexity index is 1410. The summed E-state index contributed by atoms with van der Waals surface area (Å²) in [5.74, 6) is -0.375. The Morgan fingerprint density at radius 1 is 1.21 bits per heavy atom. The predicted molar refractivity (Wildman–Crippen MR) is 143 cm³/mol. The average molecular weight is 553 g/mol. The number of sulfonamides is 1. The second kappa shape index (κ2) is 9.91. The molecule has 2 aromatic rings. The number of benzene rings is 1. The van der Waals surface area contributed by atoms with Crippen LogP contribution in [0.25, 0.3) is 0 Å². The predicted octanol–water partition coefficient (Wildman–Crippen LogP) is 0.818. The highest BCUT2D eigenvalue weighted by molar-refractivity contribution is 7.91. The van der Waals surface area contributed by atoms with E-state index in [0.717, 1.165) is 19.5 Å². The number of fused-ring (bicyclic) bond motifs is 1. The summed E-state index contributed by atoms with van der Waals surface area (Å²) in [5.41, 5.74) is 1.31. The van der Waals surface area contributed by atoms with Crippen LogP contribution in [0.1, 0.15) is 36.8 Å². The molecule has 206 valence electrons. The van der Waals surface area contributed by atoms with Crippen LogP contribution in [-0.4, -0.2) is 66.2 Å². The maximum atomic E-state index is 13.1. The molecule has 4 aliphatic rings. The first-order valence-corrected chi connectivity index (χ1v) is 14.9. The molecule has 0 bridgehead atoms. The lowest BCUT2D eigenvalue weighted by Crippen LogP contribution is -2.55. The summed E-state index contributed by atoms with van der Waals surface area (Å²) in [5, 5.41) is 5.42. The van der Waals surface area contributed by atoms with E-state index in [1.807, 2.05) is 6.07 Å². The molecular formula is C27H32N6O5S. The summed E-state index contributed by atoms with van der Waals surface area (Å²) in [7, 11) is -3.72. The standard InChI is InChI=1S/C27H32N6O5S/c1-2-19-14-27(19,25(35)32-39(36,37)21-7-8-21)31-24(34)22-13-20(15-29-22)38-23-9-11-28-26(30-23)33-12-10-17-5-3-4-6-18(17)16-33/h2-6,9,11,19-22,29H,1,7-8,10,12-16H2,(H,31,34)(H,32,35)/t19?,20-,22+,27?/m1/s1. The fraction of sp³-hybridized carbons (Fsp3) is 0.481. The molecule has 2 amide bonds. The third-order valence-electron chi connectivity index (χ3n) is 7.97. The molecule has 0 spiro atoms. The number of ether oxygens (including phenoxy) is 1. The number of anilines is 1. The van der Waals surface area contributed by atoms with Crippen molar-refractivity contribution in [2.24, 2.45) is 5.92 Å². The molecule has 2 aliphatic carbocycles. The molecule has 2 saturated carbocycles. The maximum Gasteiger partial charge on any atom is 0.259 e. The summed E-state index contributed by atoms with van der Waals surface area (Å²) in [6.45, 7) is 5.70. The lowest BCUT2D eigenvalue weighted by atomic mass is 10.0. The second-order valence-electron chi connectivity index (χ2n) is 10.8. The smallest absolute Gasteiger partial charge is 0.259 e. The van der Waals surface area contributed by atoms with Gasteiger partial charge < -0.3 is 20.3 Å². The van der Waals surface area contributed by atoms with Gasteiger partial charge in [-0.05, 0) is 36.8 Å². The minimum atomic E-state index is -3.72. The zero-order chi connectivity index (χ0) is 27.2. The number of nitrogens with zero attached hydrogens (tertiary/aromatic N) is 3. The van der Waals surface area contributed by atoms with E-state index in [9.17, 15) is 18.0 Å². The first-order valence-electron chi connectivity index (χ1n) is 13.3. The van der Waals surface area contributed by atoms with E-state index in [1.54, 1.807) is 18.3 Å². The molecule has 6 rings (SSSR count). The van der Waals surface area contributed by atoms with Gasteiger partial charge in [0.2, 0.25) is 27.8 Å². The van der Waals surface area contributed by atoms with Crippen LogP contribution < -0.4 is 25.0 Å². The highest BCUT2D eigenvalue weighted by Gasteiger charge is 2.61. The van der Waals surface area contributed by atoms with Gasteiger partial charge >= 0.3 is 0 Å². The van der Waals surface area contributed by atoms with Crippen molar-refractivity contribution in [3.05, 3.63) is 60.3 Å². The molecule has 2 aliphatic heterocycles. The topological polar surface area (TPSA) is 143 Å². The van der Waals surface area contributed by atoms with Crippen LogP contribution in [0.5, 0.6) is 5.88 Å². The van der Waals surface area contributed by atoms with E-state index in [4.69, 9.17) is 4.74 Å². The van der Waals surface area contributed by atoms with Crippen molar-refractivity contribution >= 4 is 27.8 Å². The van der Waals surface area contributed by atoms with Crippen molar-refractivity contribution in [3.63, 3.8) is 0 Å². The van der Waals surface area contributed by atoms with Gasteiger partial charge in [0.15, 0.2) is 0 Å². The Morgan fingerprint density at radius 2 is 2.00 bits per heavy atom. The molecule has 39 heavy (non-hydrogen) atoms. The Balaban J connectivity index is 1.06. The summed E-state index contributed by atoms with van der Waals surface area (Å²) < 4.78 is 32.9. The molecule has 3 N–H and O–H groups in total.